The van der Waals surface area contributed by atoms with E-state index in [2.05, 4.69) is 4.90 Å². The first-order valence-electron chi connectivity index (χ1n) is 3.78. The molecule has 0 aromatic carbocycles. The average Bonchev–Trinajstić information content (AvgIpc) is 2.58. The molecule has 1 atom stereocenters. The number of aliphatic hydroxyl groups is 1. The van der Waals surface area contributed by atoms with Crippen LogP contribution in [0.15, 0.2) is 0 Å². The summed E-state index contributed by atoms with van der Waals surface area (Å²) in [5.41, 5.74) is 0. The summed E-state index contributed by atoms with van der Waals surface area (Å²) in [6.45, 7) is 2.07. The summed E-state index contributed by atoms with van der Waals surface area (Å²) in [6, 6.07) is 0.849. The molecule has 2 nitrogen and oxygen atoms in total. The van der Waals surface area contributed by atoms with E-state index in [0.29, 0.717) is 0 Å². The molecule has 1 unspecified atom stereocenters. The molecule has 0 spiro atoms. The van der Waals surface area contributed by atoms with Crippen LogP contribution in [0.4, 0.5) is 0 Å². The quantitative estimate of drug-likeness (QED) is 0.544. The molecule has 52 valence electrons. The fourth-order valence-corrected chi connectivity index (χ4v) is 1.54. The maximum absolute atomic E-state index is 9.13. The Morgan fingerprint density at radius 3 is 2.44 bits per heavy atom. The van der Waals surface area contributed by atoms with Crippen LogP contribution in [0.25, 0.3) is 0 Å². The monoisotopic (exact) mass is 127 g/mol. The van der Waals surface area contributed by atoms with Crippen molar-refractivity contribution in [2.24, 2.45) is 0 Å². The Balaban J connectivity index is 1.86. The van der Waals surface area contributed by atoms with Crippen LogP contribution in [0.1, 0.15) is 19.3 Å². The Bertz CT molecular complexity index is 111. The number of hydrogen-bond acceptors (Lipinski definition) is 2. The van der Waals surface area contributed by atoms with Crippen LogP contribution < -0.4 is 0 Å². The Kier molecular flexibility index (Phi) is 1.24. The number of likely N-dealkylation sites (tertiary alicyclic amines) is 1. The second-order valence-corrected chi connectivity index (χ2v) is 3.17. The summed E-state index contributed by atoms with van der Waals surface area (Å²) in [6.07, 6.45) is 3.71. The van der Waals surface area contributed by atoms with E-state index in [1.807, 2.05) is 0 Å². The van der Waals surface area contributed by atoms with Crippen LogP contribution in [0.3, 0.4) is 0 Å². The van der Waals surface area contributed by atoms with E-state index in [0.717, 1.165) is 25.6 Å². The number of rotatable bonds is 1. The lowest BCUT2D eigenvalue weighted by atomic mass is 10.3. The van der Waals surface area contributed by atoms with Gasteiger partial charge < -0.3 is 5.11 Å². The van der Waals surface area contributed by atoms with Crippen molar-refractivity contribution in [2.45, 2.75) is 31.4 Å². The van der Waals surface area contributed by atoms with Crippen LogP contribution in [0.5, 0.6) is 0 Å². The Morgan fingerprint density at radius 2 is 2.00 bits per heavy atom. The zero-order valence-electron chi connectivity index (χ0n) is 5.58. The first-order valence-corrected chi connectivity index (χ1v) is 3.78. The van der Waals surface area contributed by atoms with Gasteiger partial charge in [0.05, 0.1) is 6.10 Å². The van der Waals surface area contributed by atoms with Gasteiger partial charge in [-0.1, -0.05) is 0 Å². The number of β-amino-alcohol motifs (C(OH)–C–C–N with tert-alkyl or cyclic N) is 1. The Labute approximate surface area is 55.5 Å². The summed E-state index contributed by atoms with van der Waals surface area (Å²) in [7, 11) is 0. The van der Waals surface area contributed by atoms with Gasteiger partial charge in [-0.25, -0.2) is 0 Å². The topological polar surface area (TPSA) is 23.5 Å². The highest BCUT2D eigenvalue weighted by atomic mass is 16.3. The van der Waals surface area contributed by atoms with Crippen molar-refractivity contribution in [3.8, 4) is 0 Å². The lowest BCUT2D eigenvalue weighted by Crippen LogP contribution is -2.23. The fraction of sp³-hybridized carbons (Fsp3) is 1.00. The molecule has 2 rings (SSSR count). The van der Waals surface area contributed by atoms with Gasteiger partial charge in [-0.05, 0) is 19.3 Å². The van der Waals surface area contributed by atoms with Gasteiger partial charge in [-0.15, -0.1) is 0 Å². The smallest absolute Gasteiger partial charge is 0.0679 e. The first kappa shape index (κ1) is 5.69. The first-order chi connectivity index (χ1) is 4.36. The van der Waals surface area contributed by atoms with Gasteiger partial charge in [0, 0.05) is 19.1 Å². The molecule has 1 saturated heterocycles. The molecule has 0 radical (unpaired) electrons. The lowest BCUT2D eigenvalue weighted by molar-refractivity contribution is 0.174. The zero-order valence-corrected chi connectivity index (χ0v) is 5.58. The van der Waals surface area contributed by atoms with E-state index in [9.17, 15) is 0 Å². The minimum atomic E-state index is -0.0226. The normalized spacial score (nSPS) is 37.7. The average molecular weight is 127 g/mol. The summed E-state index contributed by atoms with van der Waals surface area (Å²) < 4.78 is 0. The van der Waals surface area contributed by atoms with E-state index in [1.165, 1.54) is 12.8 Å². The molecular formula is C7H13NO. The molecule has 2 aliphatic rings. The maximum Gasteiger partial charge on any atom is 0.0679 e. The third-order valence-electron chi connectivity index (χ3n) is 2.26. The van der Waals surface area contributed by atoms with Gasteiger partial charge in [-0.2, -0.15) is 0 Å². The molecule has 1 aliphatic heterocycles. The van der Waals surface area contributed by atoms with Crippen LogP contribution in [-0.4, -0.2) is 35.2 Å². The molecular weight excluding hydrogens is 114 g/mol. The predicted octanol–water partition coefficient (Wildman–Crippen LogP) is 0.215. The molecule has 1 heterocycles. The highest BCUT2D eigenvalue weighted by molar-refractivity contribution is 4.89. The van der Waals surface area contributed by atoms with E-state index >= 15 is 0 Å². The van der Waals surface area contributed by atoms with Crippen molar-refractivity contribution in [2.75, 3.05) is 13.1 Å². The van der Waals surface area contributed by atoms with Crippen molar-refractivity contribution in [1.29, 1.82) is 0 Å². The van der Waals surface area contributed by atoms with Crippen molar-refractivity contribution in [3.05, 3.63) is 0 Å². The summed E-state index contributed by atoms with van der Waals surface area (Å²) in [5.74, 6) is 0. The van der Waals surface area contributed by atoms with Gasteiger partial charge in [0.1, 0.15) is 0 Å². The summed E-state index contributed by atoms with van der Waals surface area (Å²) >= 11 is 0. The number of hydrogen-bond donors (Lipinski definition) is 1. The number of aliphatic hydroxyl groups excluding tert-OH is 1. The van der Waals surface area contributed by atoms with Gasteiger partial charge in [-0.3, -0.25) is 4.90 Å². The second kappa shape index (κ2) is 1.96. The van der Waals surface area contributed by atoms with E-state index in [4.69, 9.17) is 5.11 Å². The maximum atomic E-state index is 9.13. The summed E-state index contributed by atoms with van der Waals surface area (Å²) in [4.78, 5) is 2.41. The molecule has 0 bridgehead atoms. The molecule has 1 N–H and O–H groups in total. The Hall–Kier alpha value is -0.0800. The molecule has 9 heavy (non-hydrogen) atoms. The third-order valence-corrected chi connectivity index (χ3v) is 2.26. The van der Waals surface area contributed by atoms with Crippen LogP contribution in [0.2, 0.25) is 0 Å². The predicted molar refractivity (Wildman–Crippen MR) is 35.2 cm³/mol. The third kappa shape index (κ3) is 1.10. The van der Waals surface area contributed by atoms with E-state index in [-0.39, 0.29) is 6.10 Å². The molecule has 2 heteroatoms. The highest BCUT2D eigenvalue weighted by Crippen LogP contribution is 2.29. The minimum Gasteiger partial charge on any atom is -0.392 e. The van der Waals surface area contributed by atoms with Crippen LogP contribution in [-0.2, 0) is 0 Å². The SMILES string of the molecule is OC1CCN(C2CC2)C1. The molecule has 2 fully saturated rings. The van der Waals surface area contributed by atoms with Gasteiger partial charge in [0.2, 0.25) is 0 Å². The van der Waals surface area contributed by atoms with E-state index < -0.39 is 0 Å². The Morgan fingerprint density at radius 1 is 1.22 bits per heavy atom. The largest absolute Gasteiger partial charge is 0.392 e. The van der Waals surface area contributed by atoms with Gasteiger partial charge in [0.25, 0.3) is 0 Å². The van der Waals surface area contributed by atoms with Crippen LogP contribution in [0, 0.1) is 0 Å². The standard InChI is InChI=1S/C7H13NO/c9-7-3-4-8(5-7)6-1-2-6/h6-7,9H,1-5H2. The molecule has 0 amide bonds. The summed E-state index contributed by atoms with van der Waals surface area (Å²) in [5, 5.41) is 9.13. The molecule has 1 aliphatic carbocycles. The molecule has 0 aromatic heterocycles. The fourth-order valence-electron chi connectivity index (χ4n) is 1.54. The zero-order chi connectivity index (χ0) is 6.27. The molecule has 0 aromatic rings. The van der Waals surface area contributed by atoms with Crippen molar-refractivity contribution in [1.82, 2.24) is 4.90 Å². The van der Waals surface area contributed by atoms with Crippen molar-refractivity contribution >= 4 is 0 Å². The minimum absolute atomic E-state index is 0.0226. The van der Waals surface area contributed by atoms with Gasteiger partial charge in [0.15, 0.2) is 0 Å². The lowest BCUT2D eigenvalue weighted by Gasteiger charge is -2.11. The van der Waals surface area contributed by atoms with E-state index in [1.54, 1.807) is 0 Å². The molecule has 1 saturated carbocycles. The highest BCUT2D eigenvalue weighted by Gasteiger charge is 2.33. The second-order valence-electron chi connectivity index (χ2n) is 3.17. The number of nitrogens with zero attached hydrogens (tertiary/aromatic N) is 1. The van der Waals surface area contributed by atoms with Crippen molar-refractivity contribution in [3.63, 3.8) is 0 Å². The van der Waals surface area contributed by atoms with Crippen molar-refractivity contribution < 1.29 is 5.11 Å². The van der Waals surface area contributed by atoms with Crippen LogP contribution >= 0.6 is 0 Å². The van der Waals surface area contributed by atoms with Gasteiger partial charge >= 0.3 is 0 Å².